The van der Waals surface area contributed by atoms with E-state index in [-0.39, 0.29) is 5.91 Å². The fourth-order valence-corrected chi connectivity index (χ4v) is 3.46. The van der Waals surface area contributed by atoms with Crippen LogP contribution in [0, 0.1) is 0 Å². The second-order valence-corrected chi connectivity index (χ2v) is 6.80. The molecule has 0 radical (unpaired) electrons. The molecule has 0 aromatic heterocycles. The maximum Gasteiger partial charge on any atom is 0.259 e. The van der Waals surface area contributed by atoms with Crippen LogP contribution in [0.25, 0.3) is 0 Å². The number of rotatable bonds is 7. The molecule has 0 saturated heterocycles. The first-order chi connectivity index (χ1) is 13.8. The summed E-state index contributed by atoms with van der Waals surface area (Å²) in [5, 5.41) is 2.99. The van der Waals surface area contributed by atoms with E-state index in [1.807, 2.05) is 48.5 Å². The highest BCUT2D eigenvalue weighted by Crippen LogP contribution is 2.26. The van der Waals surface area contributed by atoms with E-state index in [4.69, 9.17) is 9.47 Å². The molecular weight excluding hydrogens is 350 g/mol. The second kappa shape index (κ2) is 8.61. The molecule has 1 amide bonds. The standard InChI is InChI=1S/C24H23NO3/c26-24(25-20-14-13-18-7-6-8-19(18)17-20)22-11-4-5-12-23(22)28-16-15-27-21-9-2-1-3-10-21/h1-5,9-14,17H,6-8,15-16H2,(H,25,26). The van der Waals surface area contributed by atoms with Crippen molar-refractivity contribution in [3.8, 4) is 11.5 Å². The fraction of sp³-hybridized carbons (Fsp3) is 0.208. The van der Waals surface area contributed by atoms with Crippen LogP contribution in [-0.4, -0.2) is 19.1 Å². The van der Waals surface area contributed by atoms with Crippen LogP contribution in [0.1, 0.15) is 27.9 Å². The summed E-state index contributed by atoms with van der Waals surface area (Å²) in [7, 11) is 0. The van der Waals surface area contributed by atoms with Gasteiger partial charge in [-0.3, -0.25) is 4.79 Å². The van der Waals surface area contributed by atoms with Crippen LogP contribution in [0.3, 0.4) is 0 Å². The maximum atomic E-state index is 12.8. The average Bonchev–Trinajstić information content (AvgIpc) is 3.20. The lowest BCUT2D eigenvalue weighted by Gasteiger charge is -2.13. The molecule has 1 N–H and O–H groups in total. The molecule has 28 heavy (non-hydrogen) atoms. The highest BCUT2D eigenvalue weighted by Gasteiger charge is 2.15. The van der Waals surface area contributed by atoms with E-state index < -0.39 is 0 Å². The zero-order valence-electron chi connectivity index (χ0n) is 15.7. The Morgan fingerprint density at radius 3 is 2.46 bits per heavy atom. The number of amides is 1. The summed E-state index contributed by atoms with van der Waals surface area (Å²) in [6.45, 7) is 0.767. The Morgan fingerprint density at radius 2 is 1.57 bits per heavy atom. The molecule has 0 spiro atoms. The molecule has 1 aliphatic rings. The van der Waals surface area contributed by atoms with Crippen LogP contribution in [0.2, 0.25) is 0 Å². The van der Waals surface area contributed by atoms with Crippen molar-refractivity contribution in [3.05, 3.63) is 89.5 Å². The number of hydrogen-bond acceptors (Lipinski definition) is 3. The Balaban J connectivity index is 1.37. The van der Waals surface area contributed by atoms with Crippen molar-refractivity contribution in [1.82, 2.24) is 0 Å². The molecule has 3 aromatic carbocycles. The van der Waals surface area contributed by atoms with Crippen LogP contribution in [0.4, 0.5) is 5.69 Å². The first-order valence-electron chi connectivity index (χ1n) is 9.62. The summed E-state index contributed by atoms with van der Waals surface area (Å²) < 4.78 is 11.4. The smallest absolute Gasteiger partial charge is 0.259 e. The predicted octanol–water partition coefficient (Wildman–Crippen LogP) is 4.89. The van der Waals surface area contributed by atoms with Crippen molar-refractivity contribution in [3.63, 3.8) is 0 Å². The van der Waals surface area contributed by atoms with Crippen molar-refractivity contribution in [2.45, 2.75) is 19.3 Å². The van der Waals surface area contributed by atoms with Gasteiger partial charge < -0.3 is 14.8 Å². The maximum absolute atomic E-state index is 12.8. The van der Waals surface area contributed by atoms with Crippen LogP contribution >= 0.6 is 0 Å². The molecule has 4 heteroatoms. The zero-order chi connectivity index (χ0) is 19.2. The third kappa shape index (κ3) is 4.34. The Bertz CT molecular complexity index is 953. The molecule has 3 aromatic rings. The van der Waals surface area contributed by atoms with E-state index in [0.717, 1.165) is 24.3 Å². The molecular formula is C24H23NO3. The number of carbonyl (C=O) groups excluding carboxylic acids is 1. The second-order valence-electron chi connectivity index (χ2n) is 6.80. The molecule has 0 atom stereocenters. The van der Waals surface area contributed by atoms with E-state index in [1.165, 1.54) is 17.5 Å². The Kier molecular flexibility index (Phi) is 5.57. The van der Waals surface area contributed by atoms with Crippen LogP contribution in [0.5, 0.6) is 11.5 Å². The number of aryl methyl sites for hydroxylation is 2. The summed E-state index contributed by atoms with van der Waals surface area (Å²) in [6, 6.07) is 23.0. The summed E-state index contributed by atoms with van der Waals surface area (Å²) in [5.74, 6) is 1.18. The minimum atomic E-state index is -0.169. The van der Waals surface area contributed by atoms with Gasteiger partial charge in [-0.15, -0.1) is 0 Å². The lowest BCUT2D eigenvalue weighted by molar-refractivity contribution is 0.102. The first kappa shape index (κ1) is 18.1. The van der Waals surface area contributed by atoms with Gasteiger partial charge in [-0.2, -0.15) is 0 Å². The minimum absolute atomic E-state index is 0.169. The van der Waals surface area contributed by atoms with Gasteiger partial charge in [0.2, 0.25) is 0 Å². The molecule has 0 unspecified atom stereocenters. The molecule has 4 nitrogen and oxygen atoms in total. The summed E-state index contributed by atoms with van der Waals surface area (Å²) >= 11 is 0. The van der Waals surface area contributed by atoms with Gasteiger partial charge in [0.25, 0.3) is 5.91 Å². The van der Waals surface area contributed by atoms with Crippen LogP contribution < -0.4 is 14.8 Å². The van der Waals surface area contributed by atoms with Crippen molar-refractivity contribution in [2.24, 2.45) is 0 Å². The Morgan fingerprint density at radius 1 is 0.821 bits per heavy atom. The fourth-order valence-electron chi connectivity index (χ4n) is 3.46. The van der Waals surface area contributed by atoms with Crippen molar-refractivity contribution >= 4 is 11.6 Å². The monoisotopic (exact) mass is 373 g/mol. The Labute approximate surface area is 165 Å². The predicted molar refractivity (Wildman–Crippen MR) is 110 cm³/mol. The molecule has 142 valence electrons. The molecule has 0 bridgehead atoms. The quantitative estimate of drug-likeness (QED) is 0.600. The largest absolute Gasteiger partial charge is 0.490 e. The van der Waals surface area contributed by atoms with Gasteiger partial charge in [0, 0.05) is 5.69 Å². The lowest BCUT2D eigenvalue weighted by Crippen LogP contribution is -2.15. The van der Waals surface area contributed by atoms with Gasteiger partial charge in [-0.05, 0) is 66.8 Å². The van der Waals surface area contributed by atoms with Crippen molar-refractivity contribution in [2.75, 3.05) is 18.5 Å². The third-order valence-electron chi connectivity index (χ3n) is 4.84. The molecule has 0 saturated carbocycles. The van der Waals surface area contributed by atoms with E-state index in [1.54, 1.807) is 12.1 Å². The number of nitrogens with one attached hydrogen (secondary N) is 1. The molecule has 0 fully saturated rings. The van der Waals surface area contributed by atoms with Crippen molar-refractivity contribution in [1.29, 1.82) is 0 Å². The topological polar surface area (TPSA) is 47.6 Å². The molecule has 1 aliphatic carbocycles. The van der Waals surface area contributed by atoms with Gasteiger partial charge in [-0.1, -0.05) is 36.4 Å². The van der Waals surface area contributed by atoms with E-state index in [2.05, 4.69) is 17.4 Å². The van der Waals surface area contributed by atoms with Crippen LogP contribution in [0.15, 0.2) is 72.8 Å². The number of carbonyl (C=O) groups is 1. The molecule has 0 aliphatic heterocycles. The van der Waals surface area contributed by atoms with Gasteiger partial charge in [0.05, 0.1) is 5.56 Å². The SMILES string of the molecule is O=C(Nc1ccc2c(c1)CCC2)c1ccccc1OCCOc1ccccc1. The van der Waals surface area contributed by atoms with E-state index in [0.29, 0.717) is 24.5 Å². The van der Waals surface area contributed by atoms with E-state index in [9.17, 15) is 4.79 Å². The number of anilines is 1. The number of hydrogen-bond donors (Lipinski definition) is 1. The number of para-hydroxylation sites is 2. The average molecular weight is 373 g/mol. The highest BCUT2D eigenvalue weighted by molar-refractivity contribution is 6.06. The number of ether oxygens (including phenoxy) is 2. The van der Waals surface area contributed by atoms with Gasteiger partial charge in [0.1, 0.15) is 24.7 Å². The first-order valence-corrected chi connectivity index (χ1v) is 9.62. The lowest BCUT2D eigenvalue weighted by atomic mass is 10.1. The van der Waals surface area contributed by atoms with Crippen molar-refractivity contribution < 1.29 is 14.3 Å². The molecule has 4 rings (SSSR count). The van der Waals surface area contributed by atoms with Crippen LogP contribution in [-0.2, 0) is 12.8 Å². The summed E-state index contributed by atoms with van der Waals surface area (Å²) in [4.78, 5) is 12.8. The summed E-state index contributed by atoms with van der Waals surface area (Å²) in [6.07, 6.45) is 3.40. The third-order valence-corrected chi connectivity index (χ3v) is 4.84. The minimum Gasteiger partial charge on any atom is -0.490 e. The number of benzene rings is 3. The van der Waals surface area contributed by atoms with E-state index >= 15 is 0 Å². The summed E-state index contributed by atoms with van der Waals surface area (Å²) in [5.41, 5.74) is 4.07. The Hall–Kier alpha value is -3.27. The normalized spacial score (nSPS) is 12.3. The number of fused-ring (bicyclic) bond motifs is 1. The van der Waals surface area contributed by atoms with Gasteiger partial charge >= 0.3 is 0 Å². The van der Waals surface area contributed by atoms with Gasteiger partial charge in [-0.25, -0.2) is 0 Å². The highest BCUT2D eigenvalue weighted by atomic mass is 16.5. The van der Waals surface area contributed by atoms with Gasteiger partial charge in [0.15, 0.2) is 0 Å². The molecule has 0 heterocycles. The zero-order valence-corrected chi connectivity index (χ0v) is 15.7.